The molecule has 10 heteroatoms. The molecule has 2 aromatic rings. The minimum absolute atomic E-state index is 0.0800. The molecule has 1 heterocycles. The molecular weight excluding hydrogens is 336 g/mol. The molecule has 0 saturated heterocycles. The molecule has 0 bridgehead atoms. The highest BCUT2D eigenvalue weighted by Crippen LogP contribution is 2.33. The number of aromatic nitrogens is 2. The molecule has 2 rings (SSSR count). The van der Waals surface area contributed by atoms with Crippen LogP contribution < -0.4 is 10.3 Å². The molecule has 0 saturated carbocycles. The smallest absolute Gasteiger partial charge is 0.337 e. The number of hydrogen-bond acceptors (Lipinski definition) is 6. The molecule has 0 aliphatic rings. The number of rotatable bonds is 4. The second-order valence-corrected chi connectivity index (χ2v) is 6.61. The Bertz CT molecular complexity index is 886. The van der Waals surface area contributed by atoms with Gasteiger partial charge in [0.15, 0.2) is 9.84 Å². The minimum atomic E-state index is -3.78. The van der Waals surface area contributed by atoms with Gasteiger partial charge in [0.1, 0.15) is 10.6 Å². The topological polar surface area (TPSA) is 126 Å². The van der Waals surface area contributed by atoms with Crippen LogP contribution in [-0.2, 0) is 9.84 Å². The van der Waals surface area contributed by atoms with E-state index in [0.29, 0.717) is 0 Å². The lowest BCUT2D eigenvalue weighted by Gasteiger charge is -2.11. The zero-order valence-corrected chi connectivity index (χ0v) is 12.6. The van der Waals surface area contributed by atoms with Gasteiger partial charge in [-0.3, -0.25) is 4.79 Å². The number of hydrogen-bond donors (Lipinski definition) is 2. The van der Waals surface area contributed by atoms with Crippen molar-refractivity contribution in [3.63, 3.8) is 0 Å². The molecule has 8 nitrogen and oxygen atoms in total. The molecule has 1 aromatic heterocycles. The highest BCUT2D eigenvalue weighted by atomic mass is 35.5. The van der Waals surface area contributed by atoms with Crippen molar-refractivity contribution in [1.29, 1.82) is 0 Å². The minimum Gasteiger partial charge on any atom is -0.478 e. The first kappa shape index (κ1) is 16.0. The summed E-state index contributed by atoms with van der Waals surface area (Å²) in [4.78, 5) is 21.6. The van der Waals surface area contributed by atoms with E-state index in [2.05, 4.69) is 10.2 Å². The number of benzene rings is 1. The number of aromatic amines is 1. The van der Waals surface area contributed by atoms with Crippen molar-refractivity contribution in [3.05, 3.63) is 45.2 Å². The van der Waals surface area contributed by atoms with Crippen LogP contribution >= 0.6 is 11.6 Å². The number of carbonyl (C=O) groups is 1. The Balaban J connectivity index is 2.59. The number of sulfone groups is 1. The third-order valence-corrected chi connectivity index (χ3v) is 3.96. The van der Waals surface area contributed by atoms with Gasteiger partial charge >= 0.3 is 5.97 Å². The summed E-state index contributed by atoms with van der Waals surface area (Å²) in [6.07, 6.45) is 0.898. The van der Waals surface area contributed by atoms with Crippen molar-refractivity contribution < 1.29 is 23.1 Å². The highest BCUT2D eigenvalue weighted by Gasteiger charge is 2.21. The van der Waals surface area contributed by atoms with Crippen molar-refractivity contribution in [2.75, 3.05) is 6.26 Å². The van der Waals surface area contributed by atoms with Crippen LogP contribution in [0.2, 0.25) is 5.02 Å². The van der Waals surface area contributed by atoms with Gasteiger partial charge in [0, 0.05) is 24.5 Å². The summed E-state index contributed by atoms with van der Waals surface area (Å²) >= 11 is 5.80. The van der Waals surface area contributed by atoms with Gasteiger partial charge in [-0.15, -0.1) is 5.10 Å². The lowest BCUT2D eigenvalue weighted by Crippen LogP contribution is -2.08. The Kier molecular flexibility index (Phi) is 4.20. The molecule has 0 unspecified atom stereocenters. The van der Waals surface area contributed by atoms with Crippen LogP contribution in [0.25, 0.3) is 0 Å². The Morgan fingerprint density at radius 2 is 2.05 bits per heavy atom. The SMILES string of the molecule is CS(=O)(=O)c1cc(C(=O)O)c(Cl)cc1Oc1ccc(=O)[nH]n1. The monoisotopic (exact) mass is 344 g/mol. The number of nitrogens with one attached hydrogen (secondary N) is 1. The summed E-state index contributed by atoms with van der Waals surface area (Å²) in [7, 11) is -3.78. The lowest BCUT2D eigenvalue weighted by molar-refractivity contribution is 0.0697. The number of ether oxygens (including phenoxy) is 1. The van der Waals surface area contributed by atoms with Gasteiger partial charge in [0.25, 0.3) is 5.56 Å². The summed E-state index contributed by atoms with van der Waals surface area (Å²) in [5, 5.41) is 14.5. The predicted octanol–water partition coefficient (Wildman–Crippen LogP) is 1.32. The van der Waals surface area contributed by atoms with E-state index in [1.54, 1.807) is 0 Å². The van der Waals surface area contributed by atoms with Gasteiger partial charge < -0.3 is 9.84 Å². The largest absolute Gasteiger partial charge is 0.478 e. The molecular formula is C12H9ClN2O6S. The van der Waals surface area contributed by atoms with Crippen molar-refractivity contribution in [2.45, 2.75) is 4.90 Å². The average Bonchev–Trinajstić information content (AvgIpc) is 2.39. The van der Waals surface area contributed by atoms with E-state index in [1.807, 2.05) is 0 Å². The fourth-order valence-corrected chi connectivity index (χ4v) is 2.60. The first-order chi connectivity index (χ1) is 10.2. The van der Waals surface area contributed by atoms with E-state index in [-0.39, 0.29) is 27.1 Å². The summed E-state index contributed by atoms with van der Waals surface area (Å²) in [6.45, 7) is 0. The van der Waals surface area contributed by atoms with Crippen molar-refractivity contribution >= 4 is 27.4 Å². The lowest BCUT2D eigenvalue weighted by atomic mass is 10.2. The van der Waals surface area contributed by atoms with Crippen LogP contribution in [0, 0.1) is 0 Å². The second kappa shape index (κ2) is 5.78. The molecule has 0 spiro atoms. The van der Waals surface area contributed by atoms with Crippen LogP contribution in [-0.4, -0.2) is 35.9 Å². The Morgan fingerprint density at radius 3 is 2.55 bits per heavy atom. The molecule has 0 radical (unpaired) electrons. The molecule has 116 valence electrons. The predicted molar refractivity (Wildman–Crippen MR) is 76.5 cm³/mol. The molecule has 0 amide bonds. The van der Waals surface area contributed by atoms with E-state index in [4.69, 9.17) is 21.4 Å². The van der Waals surface area contributed by atoms with Crippen molar-refractivity contribution in [2.24, 2.45) is 0 Å². The molecule has 0 aliphatic carbocycles. The number of nitrogens with zero attached hydrogens (tertiary/aromatic N) is 1. The van der Waals surface area contributed by atoms with Gasteiger partial charge in [-0.25, -0.2) is 18.3 Å². The van der Waals surface area contributed by atoms with Gasteiger partial charge in [-0.1, -0.05) is 11.6 Å². The fourth-order valence-electron chi connectivity index (χ4n) is 1.57. The van der Waals surface area contributed by atoms with Crippen LogP contribution in [0.15, 0.2) is 34.0 Å². The van der Waals surface area contributed by atoms with Crippen LogP contribution in [0.1, 0.15) is 10.4 Å². The van der Waals surface area contributed by atoms with E-state index in [1.165, 1.54) is 6.07 Å². The maximum absolute atomic E-state index is 11.8. The van der Waals surface area contributed by atoms with Gasteiger partial charge in [-0.2, -0.15) is 0 Å². The van der Waals surface area contributed by atoms with Gasteiger partial charge in [0.05, 0.1) is 10.6 Å². The Morgan fingerprint density at radius 1 is 1.36 bits per heavy atom. The molecule has 1 aromatic carbocycles. The van der Waals surface area contributed by atoms with Gasteiger partial charge in [-0.05, 0) is 6.07 Å². The number of halogens is 1. The first-order valence-electron chi connectivity index (χ1n) is 5.69. The van der Waals surface area contributed by atoms with Crippen LogP contribution in [0.5, 0.6) is 11.6 Å². The van der Waals surface area contributed by atoms with Crippen LogP contribution in [0.3, 0.4) is 0 Å². The van der Waals surface area contributed by atoms with Crippen molar-refractivity contribution in [3.8, 4) is 11.6 Å². The van der Waals surface area contributed by atoms with E-state index >= 15 is 0 Å². The average molecular weight is 345 g/mol. The quantitative estimate of drug-likeness (QED) is 0.856. The third kappa shape index (κ3) is 3.43. The summed E-state index contributed by atoms with van der Waals surface area (Å²) in [5.74, 6) is -1.65. The highest BCUT2D eigenvalue weighted by molar-refractivity contribution is 7.90. The summed E-state index contributed by atoms with van der Waals surface area (Å²) in [5.41, 5.74) is -0.834. The Labute approximate surface area is 129 Å². The Hall–Kier alpha value is -2.39. The van der Waals surface area contributed by atoms with E-state index in [0.717, 1.165) is 24.5 Å². The third-order valence-electron chi connectivity index (χ3n) is 2.53. The zero-order chi connectivity index (χ0) is 16.5. The number of H-pyrrole nitrogens is 1. The maximum atomic E-state index is 11.8. The van der Waals surface area contributed by atoms with Gasteiger partial charge in [0.2, 0.25) is 5.88 Å². The van der Waals surface area contributed by atoms with E-state index < -0.39 is 21.4 Å². The molecule has 22 heavy (non-hydrogen) atoms. The normalized spacial score (nSPS) is 11.2. The number of carboxylic acids is 1. The zero-order valence-electron chi connectivity index (χ0n) is 11.0. The molecule has 0 fully saturated rings. The van der Waals surface area contributed by atoms with Crippen molar-refractivity contribution in [1.82, 2.24) is 10.2 Å². The maximum Gasteiger partial charge on any atom is 0.337 e. The standard InChI is InChI=1S/C12H9ClN2O6S/c1-22(19,20)9-4-6(12(17)18)7(13)5-8(9)21-11-3-2-10(16)14-15-11/h2-5H,1H3,(H,14,16)(H,17,18). The molecule has 2 N–H and O–H groups in total. The van der Waals surface area contributed by atoms with Crippen LogP contribution in [0.4, 0.5) is 0 Å². The second-order valence-electron chi connectivity index (χ2n) is 4.22. The number of carboxylic acid groups (broad SMARTS) is 1. The summed E-state index contributed by atoms with van der Waals surface area (Å²) < 4.78 is 28.8. The van der Waals surface area contributed by atoms with E-state index in [9.17, 15) is 18.0 Å². The molecule has 0 atom stereocenters. The first-order valence-corrected chi connectivity index (χ1v) is 7.96. The fraction of sp³-hybridized carbons (Fsp3) is 0.0833. The molecule has 0 aliphatic heterocycles. The number of aromatic carboxylic acids is 1. The summed E-state index contributed by atoms with van der Waals surface area (Å²) in [6, 6.07) is 4.33.